The minimum absolute atomic E-state index is 0.0365. The first kappa shape index (κ1) is 16.8. The molecule has 1 atom stereocenters. The zero-order chi connectivity index (χ0) is 18.3. The summed E-state index contributed by atoms with van der Waals surface area (Å²) in [6, 6.07) is 9.97. The van der Waals surface area contributed by atoms with Crippen LogP contribution in [0.15, 0.2) is 36.5 Å². The third-order valence-corrected chi connectivity index (χ3v) is 5.75. The van der Waals surface area contributed by atoms with Gasteiger partial charge in [0, 0.05) is 31.9 Å². The SMILES string of the molecule is Cc1nn(C)cc1C(=O)N1CCC2(CC1)C[C@H](c1ccccc1)C(=O)N2. The molecule has 0 aliphatic carbocycles. The van der Waals surface area contributed by atoms with Crippen molar-refractivity contribution in [1.82, 2.24) is 20.0 Å². The molecule has 2 amide bonds. The fourth-order valence-corrected chi connectivity index (χ4v) is 4.28. The summed E-state index contributed by atoms with van der Waals surface area (Å²) in [5.41, 5.74) is 2.32. The number of amides is 2. The molecule has 0 bridgehead atoms. The van der Waals surface area contributed by atoms with Crippen molar-refractivity contribution in [2.75, 3.05) is 13.1 Å². The van der Waals surface area contributed by atoms with Gasteiger partial charge in [-0.3, -0.25) is 14.3 Å². The Morgan fingerprint density at radius 1 is 1.23 bits per heavy atom. The number of benzene rings is 1. The van der Waals surface area contributed by atoms with E-state index in [1.54, 1.807) is 10.9 Å². The van der Waals surface area contributed by atoms with Gasteiger partial charge in [0.05, 0.1) is 17.2 Å². The van der Waals surface area contributed by atoms with Crippen LogP contribution in [0, 0.1) is 6.92 Å². The molecule has 3 heterocycles. The molecular weight excluding hydrogens is 328 g/mol. The van der Waals surface area contributed by atoms with Crippen LogP contribution in [0.5, 0.6) is 0 Å². The molecule has 0 radical (unpaired) electrons. The molecule has 2 aliphatic heterocycles. The Kier molecular flexibility index (Phi) is 4.05. The van der Waals surface area contributed by atoms with E-state index in [1.807, 2.05) is 49.2 Å². The van der Waals surface area contributed by atoms with Crippen molar-refractivity contribution in [3.05, 3.63) is 53.3 Å². The molecule has 2 saturated heterocycles. The first-order valence-electron chi connectivity index (χ1n) is 9.14. The molecule has 1 aromatic carbocycles. The van der Waals surface area contributed by atoms with Crippen LogP contribution in [0.4, 0.5) is 0 Å². The van der Waals surface area contributed by atoms with Gasteiger partial charge in [-0.1, -0.05) is 30.3 Å². The normalized spacial score (nSPS) is 21.8. The van der Waals surface area contributed by atoms with Crippen LogP contribution in [0.1, 0.15) is 46.8 Å². The van der Waals surface area contributed by atoms with Gasteiger partial charge in [0.25, 0.3) is 5.91 Å². The summed E-state index contributed by atoms with van der Waals surface area (Å²) in [5.74, 6) is 0.0625. The summed E-state index contributed by atoms with van der Waals surface area (Å²) in [6.07, 6.45) is 4.19. The molecule has 2 fully saturated rings. The maximum absolute atomic E-state index is 12.8. The molecule has 1 aromatic heterocycles. The number of carbonyl (C=O) groups excluding carboxylic acids is 2. The summed E-state index contributed by atoms with van der Waals surface area (Å²) >= 11 is 0. The van der Waals surface area contributed by atoms with E-state index in [0.717, 1.165) is 30.5 Å². The van der Waals surface area contributed by atoms with E-state index in [0.29, 0.717) is 18.7 Å². The molecule has 0 unspecified atom stereocenters. The number of rotatable bonds is 2. The number of likely N-dealkylation sites (tertiary alicyclic amines) is 1. The van der Waals surface area contributed by atoms with Crippen LogP contribution < -0.4 is 5.32 Å². The molecule has 1 N–H and O–H groups in total. The second-order valence-electron chi connectivity index (χ2n) is 7.53. The van der Waals surface area contributed by atoms with Crippen molar-refractivity contribution >= 4 is 11.8 Å². The monoisotopic (exact) mass is 352 g/mol. The van der Waals surface area contributed by atoms with Crippen LogP contribution in [-0.2, 0) is 11.8 Å². The van der Waals surface area contributed by atoms with Gasteiger partial charge in [-0.05, 0) is 31.7 Å². The third-order valence-electron chi connectivity index (χ3n) is 5.75. The average molecular weight is 352 g/mol. The highest BCUT2D eigenvalue weighted by Crippen LogP contribution is 2.39. The van der Waals surface area contributed by atoms with Crippen molar-refractivity contribution in [2.24, 2.45) is 7.05 Å². The maximum Gasteiger partial charge on any atom is 0.257 e. The molecule has 1 spiro atoms. The third kappa shape index (κ3) is 2.89. The highest BCUT2D eigenvalue weighted by Gasteiger charge is 2.46. The Morgan fingerprint density at radius 2 is 1.92 bits per heavy atom. The van der Waals surface area contributed by atoms with Gasteiger partial charge in [0.1, 0.15) is 0 Å². The maximum atomic E-state index is 12.8. The molecule has 4 rings (SSSR count). The lowest BCUT2D eigenvalue weighted by Crippen LogP contribution is -2.52. The van der Waals surface area contributed by atoms with Gasteiger partial charge in [-0.25, -0.2) is 0 Å². The first-order valence-corrected chi connectivity index (χ1v) is 9.14. The lowest BCUT2D eigenvalue weighted by atomic mass is 9.82. The minimum atomic E-state index is -0.182. The summed E-state index contributed by atoms with van der Waals surface area (Å²) in [7, 11) is 1.83. The predicted octanol–water partition coefficient (Wildman–Crippen LogP) is 2.01. The van der Waals surface area contributed by atoms with Crippen molar-refractivity contribution in [2.45, 2.75) is 37.6 Å². The van der Waals surface area contributed by atoms with Gasteiger partial charge < -0.3 is 10.2 Å². The van der Waals surface area contributed by atoms with E-state index in [1.165, 1.54) is 0 Å². The van der Waals surface area contributed by atoms with Crippen molar-refractivity contribution < 1.29 is 9.59 Å². The minimum Gasteiger partial charge on any atom is -0.350 e. The number of nitrogens with one attached hydrogen (secondary N) is 1. The molecule has 2 aromatic rings. The molecule has 26 heavy (non-hydrogen) atoms. The van der Waals surface area contributed by atoms with Gasteiger partial charge in [0.2, 0.25) is 5.91 Å². The zero-order valence-corrected chi connectivity index (χ0v) is 15.2. The number of aryl methyl sites for hydroxylation is 2. The quantitative estimate of drug-likeness (QED) is 0.899. The number of nitrogens with zero attached hydrogens (tertiary/aromatic N) is 3. The lowest BCUT2D eigenvalue weighted by Gasteiger charge is -2.39. The fourth-order valence-electron chi connectivity index (χ4n) is 4.28. The van der Waals surface area contributed by atoms with Gasteiger partial charge in [0.15, 0.2) is 0 Å². The van der Waals surface area contributed by atoms with E-state index >= 15 is 0 Å². The Bertz CT molecular complexity index is 835. The van der Waals surface area contributed by atoms with Crippen LogP contribution >= 0.6 is 0 Å². The number of hydrogen-bond donors (Lipinski definition) is 1. The van der Waals surface area contributed by atoms with E-state index < -0.39 is 0 Å². The highest BCUT2D eigenvalue weighted by molar-refractivity contribution is 5.95. The summed E-state index contributed by atoms with van der Waals surface area (Å²) in [4.78, 5) is 27.2. The topological polar surface area (TPSA) is 67.2 Å². The molecule has 2 aliphatic rings. The molecule has 136 valence electrons. The number of aromatic nitrogens is 2. The first-order chi connectivity index (χ1) is 12.5. The molecule has 6 heteroatoms. The van der Waals surface area contributed by atoms with Crippen LogP contribution in [0.25, 0.3) is 0 Å². The van der Waals surface area contributed by atoms with Crippen LogP contribution in [0.2, 0.25) is 0 Å². The van der Waals surface area contributed by atoms with Gasteiger partial charge in [-0.15, -0.1) is 0 Å². The van der Waals surface area contributed by atoms with Crippen LogP contribution in [0.3, 0.4) is 0 Å². The average Bonchev–Trinajstić information content (AvgIpc) is 3.14. The number of piperidine rings is 1. The lowest BCUT2D eigenvalue weighted by molar-refractivity contribution is -0.121. The van der Waals surface area contributed by atoms with Crippen molar-refractivity contribution in [3.8, 4) is 0 Å². The van der Waals surface area contributed by atoms with Gasteiger partial charge >= 0.3 is 0 Å². The number of hydrogen-bond acceptors (Lipinski definition) is 3. The van der Waals surface area contributed by atoms with Crippen molar-refractivity contribution in [1.29, 1.82) is 0 Å². The fraction of sp³-hybridized carbons (Fsp3) is 0.450. The smallest absolute Gasteiger partial charge is 0.257 e. The van der Waals surface area contributed by atoms with Crippen LogP contribution in [-0.4, -0.2) is 45.1 Å². The summed E-state index contributed by atoms with van der Waals surface area (Å²) in [6.45, 7) is 3.18. The number of carbonyl (C=O) groups is 2. The second kappa shape index (κ2) is 6.27. The summed E-state index contributed by atoms with van der Waals surface area (Å²) < 4.78 is 1.68. The Labute approximate surface area is 153 Å². The Morgan fingerprint density at radius 3 is 2.54 bits per heavy atom. The standard InChI is InChI=1S/C20H24N4O2/c1-14-17(13-23(2)22-14)19(26)24-10-8-20(9-11-24)12-16(18(25)21-20)15-6-4-3-5-7-15/h3-7,13,16H,8-12H2,1-2H3,(H,21,25)/t16-/m1/s1. The van der Waals surface area contributed by atoms with E-state index in [9.17, 15) is 9.59 Å². The zero-order valence-electron chi connectivity index (χ0n) is 15.2. The van der Waals surface area contributed by atoms with Gasteiger partial charge in [-0.2, -0.15) is 5.10 Å². The molecular formula is C20H24N4O2. The molecule has 6 nitrogen and oxygen atoms in total. The molecule has 0 saturated carbocycles. The van der Waals surface area contributed by atoms with E-state index in [-0.39, 0.29) is 23.3 Å². The van der Waals surface area contributed by atoms with E-state index in [4.69, 9.17) is 0 Å². The Hall–Kier alpha value is -2.63. The predicted molar refractivity (Wildman–Crippen MR) is 97.8 cm³/mol. The second-order valence-corrected chi connectivity index (χ2v) is 7.53. The van der Waals surface area contributed by atoms with Crippen molar-refractivity contribution in [3.63, 3.8) is 0 Å². The highest BCUT2D eigenvalue weighted by atomic mass is 16.2. The Balaban J connectivity index is 1.44. The largest absolute Gasteiger partial charge is 0.350 e. The summed E-state index contributed by atoms with van der Waals surface area (Å²) in [5, 5.41) is 7.50. The van der Waals surface area contributed by atoms with E-state index in [2.05, 4.69) is 10.4 Å².